The third-order valence-corrected chi connectivity index (χ3v) is 4.01. The molecule has 8 heteroatoms. The van der Waals surface area contributed by atoms with Crippen LogP contribution in [0.4, 0.5) is 5.82 Å². The van der Waals surface area contributed by atoms with Crippen molar-refractivity contribution in [2.24, 2.45) is 4.99 Å². The van der Waals surface area contributed by atoms with Crippen molar-refractivity contribution < 1.29 is 4.79 Å². The lowest BCUT2D eigenvalue weighted by molar-refractivity contribution is -0.110. The van der Waals surface area contributed by atoms with E-state index >= 15 is 0 Å². The first-order valence-corrected chi connectivity index (χ1v) is 8.86. The summed E-state index contributed by atoms with van der Waals surface area (Å²) in [5.41, 5.74) is 1.85. The Morgan fingerprint density at radius 1 is 1.26 bits per heavy atom. The van der Waals surface area contributed by atoms with E-state index in [-0.39, 0.29) is 11.8 Å². The standard InChI is InChI=1S/C19H19ClN6O/c1-12(2)22-17(14(20)10-21)18(27)24-16-8-9-26-11-15(23-19(26)25-16)13-6-4-3-5-7-13/h3-12,14,21H,1-2H3,(H,23,24,25,27). The molecule has 2 aromatic heterocycles. The first-order chi connectivity index (χ1) is 13.0. The maximum atomic E-state index is 12.5. The van der Waals surface area contributed by atoms with E-state index < -0.39 is 11.3 Å². The van der Waals surface area contributed by atoms with Crippen LogP contribution in [0, 0.1) is 5.41 Å². The lowest BCUT2D eigenvalue weighted by atomic mass is 10.2. The van der Waals surface area contributed by atoms with Gasteiger partial charge in [0.25, 0.3) is 5.91 Å². The molecule has 3 aromatic rings. The van der Waals surface area contributed by atoms with Crippen LogP contribution in [0.3, 0.4) is 0 Å². The van der Waals surface area contributed by atoms with Crippen molar-refractivity contribution >= 4 is 41.0 Å². The van der Waals surface area contributed by atoms with Crippen LogP contribution in [0.25, 0.3) is 17.0 Å². The molecule has 0 fully saturated rings. The van der Waals surface area contributed by atoms with Crippen LogP contribution in [0.5, 0.6) is 0 Å². The molecule has 2 heterocycles. The zero-order chi connectivity index (χ0) is 19.4. The Balaban J connectivity index is 1.87. The normalized spacial score (nSPS) is 13.0. The number of aliphatic imine (C=N–C) groups is 1. The number of hydrogen-bond donors (Lipinski definition) is 2. The highest BCUT2D eigenvalue weighted by atomic mass is 35.5. The van der Waals surface area contributed by atoms with E-state index in [2.05, 4.69) is 20.3 Å². The molecule has 0 aliphatic heterocycles. The summed E-state index contributed by atoms with van der Waals surface area (Å²) in [5.74, 6) is 0.311. The average molecular weight is 383 g/mol. The minimum Gasteiger partial charge on any atom is -0.311 e. The fourth-order valence-corrected chi connectivity index (χ4v) is 2.64. The van der Waals surface area contributed by atoms with Gasteiger partial charge in [-0.2, -0.15) is 4.98 Å². The van der Waals surface area contributed by atoms with E-state index in [1.807, 2.05) is 50.4 Å². The number of carbonyl (C=O) groups is 1. The molecule has 0 aliphatic carbocycles. The highest BCUT2D eigenvalue weighted by Gasteiger charge is 2.20. The maximum Gasteiger partial charge on any atom is 0.272 e. The van der Waals surface area contributed by atoms with Crippen LogP contribution < -0.4 is 5.32 Å². The monoisotopic (exact) mass is 382 g/mol. The quantitative estimate of drug-likeness (QED) is 0.505. The molecule has 0 radical (unpaired) electrons. The molecule has 0 bridgehead atoms. The van der Waals surface area contributed by atoms with Gasteiger partial charge in [0.05, 0.1) is 5.69 Å². The molecule has 27 heavy (non-hydrogen) atoms. The van der Waals surface area contributed by atoms with Crippen molar-refractivity contribution in [3.63, 3.8) is 0 Å². The van der Waals surface area contributed by atoms with Gasteiger partial charge in [-0.3, -0.25) is 14.2 Å². The van der Waals surface area contributed by atoms with Gasteiger partial charge in [-0.15, -0.1) is 11.6 Å². The van der Waals surface area contributed by atoms with E-state index in [1.165, 1.54) is 0 Å². The van der Waals surface area contributed by atoms with Crippen molar-refractivity contribution in [3.05, 3.63) is 48.8 Å². The number of alkyl halides is 1. The summed E-state index contributed by atoms with van der Waals surface area (Å²) in [4.78, 5) is 25.6. The third-order valence-electron chi connectivity index (χ3n) is 3.67. The number of aromatic nitrogens is 3. The Labute approximate surface area is 161 Å². The van der Waals surface area contributed by atoms with Gasteiger partial charge in [-0.25, -0.2) is 4.98 Å². The topological polar surface area (TPSA) is 95.5 Å². The summed E-state index contributed by atoms with van der Waals surface area (Å²) in [7, 11) is 0. The molecule has 3 rings (SSSR count). The van der Waals surface area contributed by atoms with Crippen molar-refractivity contribution in [2.45, 2.75) is 25.3 Å². The number of benzene rings is 1. The van der Waals surface area contributed by atoms with Gasteiger partial charge in [-0.05, 0) is 19.9 Å². The molecule has 2 N–H and O–H groups in total. The number of hydrogen-bond acceptors (Lipinski definition) is 5. The second kappa shape index (κ2) is 8.09. The fourth-order valence-electron chi connectivity index (χ4n) is 2.48. The number of rotatable bonds is 6. The molecular formula is C19H19ClN6O. The van der Waals surface area contributed by atoms with Gasteiger partial charge in [0.1, 0.15) is 16.9 Å². The van der Waals surface area contributed by atoms with Gasteiger partial charge >= 0.3 is 0 Å². The van der Waals surface area contributed by atoms with Gasteiger partial charge in [0, 0.05) is 30.2 Å². The molecule has 0 saturated carbocycles. The highest BCUT2D eigenvalue weighted by Crippen LogP contribution is 2.18. The molecule has 1 aromatic carbocycles. The van der Waals surface area contributed by atoms with Crippen molar-refractivity contribution in [2.75, 3.05) is 5.32 Å². The maximum absolute atomic E-state index is 12.5. The van der Waals surface area contributed by atoms with Gasteiger partial charge in [-0.1, -0.05) is 30.3 Å². The minimum absolute atomic E-state index is 0.0802. The number of halogens is 1. The summed E-state index contributed by atoms with van der Waals surface area (Å²) in [6, 6.07) is 11.3. The number of nitrogens with one attached hydrogen (secondary N) is 2. The summed E-state index contributed by atoms with van der Waals surface area (Å²) < 4.78 is 1.78. The second-order valence-electron chi connectivity index (χ2n) is 6.14. The fraction of sp³-hybridized carbons (Fsp3) is 0.211. The average Bonchev–Trinajstić information content (AvgIpc) is 3.09. The van der Waals surface area contributed by atoms with Crippen LogP contribution in [0.1, 0.15) is 13.8 Å². The molecule has 0 spiro atoms. The summed E-state index contributed by atoms with van der Waals surface area (Å²) in [6.45, 7) is 3.67. The molecular weight excluding hydrogens is 364 g/mol. The number of imidazole rings is 1. The Hall–Kier alpha value is -3.06. The Kier molecular flexibility index (Phi) is 5.61. The van der Waals surface area contributed by atoms with Crippen molar-refractivity contribution in [1.82, 2.24) is 14.4 Å². The second-order valence-corrected chi connectivity index (χ2v) is 6.61. The van der Waals surface area contributed by atoms with Crippen LogP contribution in [-0.4, -0.2) is 43.6 Å². The molecule has 0 saturated heterocycles. The van der Waals surface area contributed by atoms with Crippen molar-refractivity contribution in [3.8, 4) is 11.3 Å². The molecule has 1 atom stereocenters. The number of anilines is 1. The van der Waals surface area contributed by atoms with Crippen LogP contribution in [-0.2, 0) is 4.79 Å². The van der Waals surface area contributed by atoms with Crippen LogP contribution in [0.15, 0.2) is 53.8 Å². The number of fused-ring (bicyclic) bond motifs is 1. The largest absolute Gasteiger partial charge is 0.311 e. The van der Waals surface area contributed by atoms with E-state index in [9.17, 15) is 4.79 Å². The number of amides is 1. The van der Waals surface area contributed by atoms with E-state index in [1.54, 1.807) is 16.7 Å². The van der Waals surface area contributed by atoms with Gasteiger partial charge < -0.3 is 10.7 Å². The van der Waals surface area contributed by atoms with E-state index in [0.29, 0.717) is 11.6 Å². The minimum atomic E-state index is -0.896. The molecule has 138 valence electrons. The van der Waals surface area contributed by atoms with Crippen molar-refractivity contribution in [1.29, 1.82) is 5.41 Å². The molecule has 1 unspecified atom stereocenters. The lowest BCUT2D eigenvalue weighted by Crippen LogP contribution is -2.32. The summed E-state index contributed by atoms with van der Waals surface area (Å²) >= 11 is 6.03. The predicted octanol–water partition coefficient (Wildman–Crippen LogP) is 3.44. The Morgan fingerprint density at radius 3 is 2.67 bits per heavy atom. The zero-order valence-electron chi connectivity index (χ0n) is 14.9. The lowest BCUT2D eigenvalue weighted by Gasteiger charge is -2.11. The third kappa shape index (κ3) is 4.38. The van der Waals surface area contributed by atoms with Crippen LogP contribution in [0.2, 0.25) is 0 Å². The smallest absolute Gasteiger partial charge is 0.272 e. The molecule has 0 aliphatic rings. The molecule has 1 amide bonds. The Morgan fingerprint density at radius 2 is 2.00 bits per heavy atom. The highest BCUT2D eigenvalue weighted by molar-refractivity contribution is 6.57. The zero-order valence-corrected chi connectivity index (χ0v) is 15.7. The van der Waals surface area contributed by atoms with E-state index in [0.717, 1.165) is 17.5 Å². The first-order valence-electron chi connectivity index (χ1n) is 8.43. The summed E-state index contributed by atoms with van der Waals surface area (Å²) in [5, 5.41) is 9.09. The first kappa shape index (κ1) is 18.7. The van der Waals surface area contributed by atoms with Crippen LogP contribution >= 0.6 is 11.6 Å². The van der Waals surface area contributed by atoms with Gasteiger partial charge in [0.15, 0.2) is 0 Å². The predicted molar refractivity (Wildman–Crippen MR) is 108 cm³/mol. The molecule has 7 nitrogen and oxygen atoms in total. The SMILES string of the molecule is CC(C)N=C(C(=O)Nc1ccn2cc(-c3ccccc3)nc2n1)C(Cl)C=N. The number of nitrogens with zero attached hydrogens (tertiary/aromatic N) is 4. The summed E-state index contributed by atoms with van der Waals surface area (Å²) in [6.07, 6.45) is 4.61. The Bertz CT molecular complexity index is 996. The van der Waals surface area contributed by atoms with Gasteiger partial charge in [0.2, 0.25) is 5.78 Å². The van der Waals surface area contributed by atoms with E-state index in [4.69, 9.17) is 17.0 Å². The number of carbonyl (C=O) groups excluding carboxylic acids is 1.